The predicted molar refractivity (Wildman–Crippen MR) is 143 cm³/mol. The van der Waals surface area contributed by atoms with Crippen LogP contribution in [0.3, 0.4) is 0 Å². The minimum absolute atomic E-state index is 0.195. The number of hydrogen-bond acceptors (Lipinski definition) is 4. The van der Waals surface area contributed by atoms with Gasteiger partial charge in [-0.2, -0.15) is 0 Å². The normalized spacial score (nSPS) is 23.8. The van der Waals surface area contributed by atoms with E-state index in [1.54, 1.807) is 24.3 Å². The van der Waals surface area contributed by atoms with Crippen molar-refractivity contribution in [3.05, 3.63) is 119 Å². The molecule has 3 aliphatic rings. The molecule has 4 aromatic rings. The van der Waals surface area contributed by atoms with E-state index in [0.29, 0.717) is 16.3 Å². The molecule has 0 aliphatic carbocycles. The minimum Gasteiger partial charge on any atom is -0.358 e. The summed E-state index contributed by atoms with van der Waals surface area (Å²) in [6.45, 7) is 0. The van der Waals surface area contributed by atoms with E-state index in [2.05, 4.69) is 0 Å². The first-order valence-corrected chi connectivity index (χ1v) is 12.6. The molecule has 2 saturated heterocycles. The number of carbonyl (C=O) groups excluding carboxylic acids is 3. The van der Waals surface area contributed by atoms with E-state index in [0.717, 1.165) is 21.9 Å². The van der Waals surface area contributed by atoms with Crippen molar-refractivity contribution in [2.24, 2.45) is 11.8 Å². The molecule has 0 radical (unpaired) electrons. The Labute approximate surface area is 218 Å². The van der Waals surface area contributed by atoms with Crippen molar-refractivity contribution in [3.63, 3.8) is 0 Å². The summed E-state index contributed by atoms with van der Waals surface area (Å²) in [6.07, 6.45) is 3.82. The van der Waals surface area contributed by atoms with Gasteiger partial charge in [-0.1, -0.05) is 72.3 Å². The maximum Gasteiger partial charge on any atom is 0.240 e. The van der Waals surface area contributed by atoms with Gasteiger partial charge in [-0.25, -0.2) is 4.90 Å². The molecule has 0 spiro atoms. The van der Waals surface area contributed by atoms with Gasteiger partial charge in [0.25, 0.3) is 0 Å². The average Bonchev–Trinajstić information content (AvgIpc) is 3.40. The highest BCUT2D eigenvalue weighted by Gasteiger charge is 2.64. The summed E-state index contributed by atoms with van der Waals surface area (Å²) in [4.78, 5) is 45.6. The first kappa shape index (κ1) is 22.0. The lowest BCUT2D eigenvalue weighted by molar-refractivity contribution is -0.123. The van der Waals surface area contributed by atoms with Crippen LogP contribution in [0.4, 0.5) is 5.69 Å². The summed E-state index contributed by atoms with van der Waals surface area (Å²) >= 11 is 6.07. The zero-order chi connectivity index (χ0) is 25.3. The van der Waals surface area contributed by atoms with Crippen molar-refractivity contribution in [2.75, 3.05) is 4.90 Å². The van der Waals surface area contributed by atoms with E-state index >= 15 is 0 Å². The lowest BCUT2D eigenvalue weighted by Crippen LogP contribution is -2.44. The standard InChI is InChI=1S/C31H21ClN2O3/c32-21-14-12-20(13-15-21)29(35)28-26-25(27-23-10-4-2-7-19(23)16-17-33(27)28)30(36)34(31(26)37)24-11-5-8-18-6-1-3-9-22(18)24/h1-17,25-28H/t25-,26+,27?,28-/m1/s1. The number of carbonyl (C=O) groups is 3. The molecule has 3 aliphatic heterocycles. The summed E-state index contributed by atoms with van der Waals surface area (Å²) in [6, 6.07) is 26.7. The third-order valence-electron chi connectivity index (χ3n) is 7.87. The Bertz CT molecular complexity index is 1640. The SMILES string of the molecule is O=C(c1ccc(Cl)cc1)[C@H]1[C@H]2C(=O)N(c3cccc4ccccc34)C(=O)[C@H]2C2c3ccccc3C=CN21. The van der Waals surface area contributed by atoms with Crippen LogP contribution in [0, 0.1) is 11.8 Å². The molecule has 3 heterocycles. The highest BCUT2D eigenvalue weighted by atomic mass is 35.5. The molecular weight excluding hydrogens is 484 g/mol. The Morgan fingerprint density at radius 2 is 1.46 bits per heavy atom. The van der Waals surface area contributed by atoms with E-state index in [4.69, 9.17) is 11.6 Å². The number of rotatable bonds is 3. The van der Waals surface area contributed by atoms with Crippen LogP contribution in [0.25, 0.3) is 16.8 Å². The molecule has 7 rings (SSSR count). The predicted octanol–water partition coefficient (Wildman–Crippen LogP) is 5.89. The fourth-order valence-corrected chi connectivity index (χ4v) is 6.41. The molecule has 0 N–H and O–H groups in total. The van der Waals surface area contributed by atoms with Gasteiger partial charge in [-0.05, 0) is 52.9 Å². The summed E-state index contributed by atoms with van der Waals surface area (Å²) < 4.78 is 0. The molecule has 180 valence electrons. The number of anilines is 1. The number of ketones is 1. The number of nitrogens with zero attached hydrogens (tertiary/aromatic N) is 2. The Balaban J connectivity index is 1.40. The molecule has 2 amide bonds. The summed E-state index contributed by atoms with van der Waals surface area (Å²) in [5, 5.41) is 2.30. The van der Waals surface area contributed by atoms with Crippen molar-refractivity contribution in [2.45, 2.75) is 12.1 Å². The number of imide groups is 1. The van der Waals surface area contributed by atoms with E-state index in [1.807, 2.05) is 83.9 Å². The number of benzene rings is 4. The van der Waals surface area contributed by atoms with Gasteiger partial charge in [0.15, 0.2) is 5.78 Å². The highest BCUT2D eigenvalue weighted by molar-refractivity contribution is 6.30. The van der Waals surface area contributed by atoms with E-state index in [1.165, 1.54) is 4.90 Å². The van der Waals surface area contributed by atoms with E-state index in [-0.39, 0.29) is 17.6 Å². The fourth-order valence-electron chi connectivity index (χ4n) is 6.28. The lowest BCUT2D eigenvalue weighted by atomic mass is 9.83. The van der Waals surface area contributed by atoms with Crippen LogP contribution in [-0.4, -0.2) is 28.5 Å². The first-order chi connectivity index (χ1) is 18.0. The van der Waals surface area contributed by atoms with Gasteiger partial charge in [0.2, 0.25) is 11.8 Å². The van der Waals surface area contributed by atoms with Crippen LogP contribution in [0.1, 0.15) is 27.5 Å². The molecule has 1 unspecified atom stereocenters. The Morgan fingerprint density at radius 3 is 2.30 bits per heavy atom. The minimum atomic E-state index is -0.810. The number of fused-ring (bicyclic) bond motifs is 6. The van der Waals surface area contributed by atoms with Crippen LogP contribution in [0.2, 0.25) is 5.02 Å². The van der Waals surface area contributed by atoms with Gasteiger partial charge < -0.3 is 4.90 Å². The first-order valence-electron chi connectivity index (χ1n) is 12.2. The molecule has 6 heteroatoms. The highest BCUT2D eigenvalue weighted by Crippen LogP contribution is 2.54. The van der Waals surface area contributed by atoms with Crippen molar-refractivity contribution in [1.82, 2.24) is 4.90 Å². The van der Waals surface area contributed by atoms with Crippen LogP contribution in [0.5, 0.6) is 0 Å². The Kier molecular flexibility index (Phi) is 4.85. The number of amides is 2. The van der Waals surface area contributed by atoms with Crippen molar-refractivity contribution < 1.29 is 14.4 Å². The topological polar surface area (TPSA) is 57.7 Å². The van der Waals surface area contributed by atoms with Gasteiger partial charge in [0.05, 0.1) is 23.6 Å². The summed E-state index contributed by atoms with van der Waals surface area (Å²) in [7, 11) is 0. The number of hydrogen-bond donors (Lipinski definition) is 0. The molecule has 4 aromatic carbocycles. The largest absolute Gasteiger partial charge is 0.358 e. The second kappa shape index (κ2) is 8.15. The van der Waals surface area contributed by atoms with Crippen molar-refractivity contribution in [3.8, 4) is 0 Å². The zero-order valence-electron chi connectivity index (χ0n) is 19.6. The van der Waals surface area contributed by atoms with Gasteiger partial charge in [0, 0.05) is 22.2 Å². The summed E-state index contributed by atoms with van der Waals surface area (Å²) in [5.41, 5.74) is 2.97. The van der Waals surface area contributed by atoms with Crippen LogP contribution < -0.4 is 4.90 Å². The smallest absolute Gasteiger partial charge is 0.240 e. The van der Waals surface area contributed by atoms with Gasteiger partial charge in [0.1, 0.15) is 6.04 Å². The zero-order valence-corrected chi connectivity index (χ0v) is 20.4. The molecule has 2 fully saturated rings. The second-order valence-electron chi connectivity index (χ2n) is 9.71. The maximum absolute atomic E-state index is 14.2. The third kappa shape index (κ3) is 3.14. The monoisotopic (exact) mass is 504 g/mol. The quantitative estimate of drug-likeness (QED) is 0.258. The fraction of sp³-hybridized carbons (Fsp3) is 0.129. The Morgan fingerprint density at radius 1 is 0.757 bits per heavy atom. The second-order valence-corrected chi connectivity index (χ2v) is 10.2. The maximum atomic E-state index is 14.2. The molecule has 0 aromatic heterocycles. The molecular formula is C31H21ClN2O3. The lowest BCUT2D eigenvalue weighted by Gasteiger charge is -2.35. The van der Waals surface area contributed by atoms with E-state index in [9.17, 15) is 14.4 Å². The van der Waals surface area contributed by atoms with Crippen molar-refractivity contribution in [1.29, 1.82) is 0 Å². The van der Waals surface area contributed by atoms with Gasteiger partial charge in [-0.3, -0.25) is 14.4 Å². The third-order valence-corrected chi connectivity index (χ3v) is 8.12. The molecule has 4 atom stereocenters. The van der Waals surface area contributed by atoms with Crippen LogP contribution in [0.15, 0.2) is 97.2 Å². The number of halogens is 1. The molecule has 5 nitrogen and oxygen atoms in total. The average molecular weight is 505 g/mol. The molecule has 37 heavy (non-hydrogen) atoms. The number of Topliss-reactive ketones (excluding diaryl/α,β-unsaturated/α-hetero) is 1. The van der Waals surface area contributed by atoms with Crippen molar-refractivity contribution >= 4 is 51.7 Å². The van der Waals surface area contributed by atoms with Gasteiger partial charge >= 0.3 is 0 Å². The van der Waals surface area contributed by atoms with Gasteiger partial charge in [-0.15, -0.1) is 0 Å². The summed E-state index contributed by atoms with van der Waals surface area (Å²) in [5.74, 6) is -2.29. The Hall–Kier alpha value is -4.22. The van der Waals surface area contributed by atoms with Crippen LogP contribution >= 0.6 is 11.6 Å². The molecule has 0 saturated carbocycles. The van der Waals surface area contributed by atoms with E-state index < -0.39 is 23.9 Å². The van der Waals surface area contributed by atoms with Crippen LogP contribution in [-0.2, 0) is 9.59 Å². The molecule has 0 bridgehead atoms.